The van der Waals surface area contributed by atoms with Crippen LogP contribution in [0.25, 0.3) is 0 Å². The van der Waals surface area contributed by atoms with Gasteiger partial charge in [0.25, 0.3) is 0 Å². The Morgan fingerprint density at radius 3 is 2.89 bits per heavy atom. The Bertz CT molecular complexity index is 517. The molecule has 0 radical (unpaired) electrons. The van der Waals surface area contributed by atoms with Gasteiger partial charge in [-0.25, -0.2) is 4.79 Å². The van der Waals surface area contributed by atoms with Gasteiger partial charge >= 0.3 is 5.97 Å². The first kappa shape index (κ1) is 12.5. The molecule has 2 rings (SSSR count). The number of phenols is 1. The smallest absolute Gasteiger partial charge is 0.342 e. The molecular weight excluding hydrogens is 232 g/mol. The number of allylic oxidation sites excluding steroid dienone is 1. The van der Waals surface area contributed by atoms with Crippen LogP contribution in [0.2, 0.25) is 0 Å². The molecule has 0 amide bonds. The number of cyclic esters (lactones) is 1. The van der Waals surface area contributed by atoms with Gasteiger partial charge in [0.15, 0.2) is 0 Å². The van der Waals surface area contributed by atoms with Crippen molar-refractivity contribution in [2.24, 2.45) is 0 Å². The third kappa shape index (κ3) is 1.74. The second-order valence-corrected chi connectivity index (χ2v) is 4.22. The number of rotatable bonds is 3. The maximum Gasteiger partial charge on any atom is 0.342 e. The Morgan fingerprint density at radius 1 is 1.56 bits per heavy atom. The van der Waals surface area contributed by atoms with E-state index in [9.17, 15) is 9.90 Å². The lowest BCUT2D eigenvalue weighted by molar-refractivity contribution is 0.0475. The van der Waals surface area contributed by atoms with Crippen molar-refractivity contribution in [3.05, 3.63) is 34.9 Å². The van der Waals surface area contributed by atoms with Crippen LogP contribution in [-0.4, -0.2) is 24.8 Å². The highest BCUT2D eigenvalue weighted by molar-refractivity contribution is 5.96. The fourth-order valence-corrected chi connectivity index (χ4v) is 2.41. The lowest BCUT2D eigenvalue weighted by Crippen LogP contribution is -2.20. The number of fused-ring (bicyclic) bond motifs is 1. The fourth-order valence-electron chi connectivity index (χ4n) is 2.41. The summed E-state index contributed by atoms with van der Waals surface area (Å²) < 4.78 is 10.3. The van der Waals surface area contributed by atoms with E-state index in [1.807, 2.05) is 6.92 Å². The summed E-state index contributed by atoms with van der Waals surface area (Å²) in [5, 5.41) is 10.2. The maximum atomic E-state index is 11.8. The maximum absolute atomic E-state index is 11.8. The molecule has 1 aromatic rings. The minimum absolute atomic E-state index is 0.0444. The molecule has 1 aromatic carbocycles. The molecule has 1 heterocycles. The Kier molecular flexibility index (Phi) is 3.28. The number of hydrogen-bond acceptors (Lipinski definition) is 4. The van der Waals surface area contributed by atoms with Gasteiger partial charge in [0.1, 0.15) is 17.1 Å². The molecule has 0 saturated carbocycles. The van der Waals surface area contributed by atoms with Gasteiger partial charge in [0.2, 0.25) is 0 Å². The van der Waals surface area contributed by atoms with Gasteiger partial charge in [0.05, 0.1) is 13.7 Å². The Balaban J connectivity index is 2.76. The standard InChI is InChI=1S/C14H16O4/c1-4-5-10-12(15)11-9(6-7-18-14(11)16)8(2)13(10)17-3/h4,15H,1,5-7H2,2-3H3. The van der Waals surface area contributed by atoms with Crippen molar-refractivity contribution >= 4 is 5.97 Å². The van der Waals surface area contributed by atoms with E-state index in [-0.39, 0.29) is 11.3 Å². The van der Waals surface area contributed by atoms with E-state index in [0.29, 0.717) is 30.8 Å². The van der Waals surface area contributed by atoms with Gasteiger partial charge in [-0.2, -0.15) is 0 Å². The molecule has 0 spiro atoms. The monoisotopic (exact) mass is 248 g/mol. The van der Waals surface area contributed by atoms with Crippen molar-refractivity contribution in [2.75, 3.05) is 13.7 Å². The van der Waals surface area contributed by atoms with Crippen molar-refractivity contribution in [1.29, 1.82) is 0 Å². The summed E-state index contributed by atoms with van der Waals surface area (Å²) >= 11 is 0. The second kappa shape index (κ2) is 4.72. The molecule has 1 aliphatic rings. The summed E-state index contributed by atoms with van der Waals surface area (Å²) in [7, 11) is 1.56. The predicted octanol–water partition coefficient (Wildman–Crippen LogP) is 2.15. The highest BCUT2D eigenvalue weighted by Crippen LogP contribution is 2.40. The summed E-state index contributed by atoms with van der Waals surface area (Å²) in [4.78, 5) is 11.8. The van der Waals surface area contributed by atoms with Gasteiger partial charge in [-0.3, -0.25) is 0 Å². The van der Waals surface area contributed by atoms with Gasteiger partial charge in [-0.05, 0) is 24.5 Å². The predicted molar refractivity (Wildman–Crippen MR) is 67.3 cm³/mol. The quantitative estimate of drug-likeness (QED) is 0.657. The van der Waals surface area contributed by atoms with Gasteiger partial charge < -0.3 is 14.6 Å². The van der Waals surface area contributed by atoms with E-state index in [1.54, 1.807) is 13.2 Å². The number of esters is 1. The van der Waals surface area contributed by atoms with E-state index in [2.05, 4.69) is 6.58 Å². The Labute approximate surface area is 106 Å². The number of methoxy groups -OCH3 is 1. The zero-order valence-corrected chi connectivity index (χ0v) is 10.6. The number of carbonyl (C=O) groups is 1. The first-order valence-corrected chi connectivity index (χ1v) is 5.81. The molecule has 0 bridgehead atoms. The average Bonchev–Trinajstić information content (AvgIpc) is 2.36. The highest BCUT2D eigenvalue weighted by atomic mass is 16.5. The largest absolute Gasteiger partial charge is 0.507 e. The normalized spacial score (nSPS) is 13.8. The lowest BCUT2D eigenvalue weighted by atomic mass is 9.91. The second-order valence-electron chi connectivity index (χ2n) is 4.22. The number of benzene rings is 1. The SMILES string of the molecule is C=CCc1c(O)c2c(c(C)c1OC)CCOC2=O. The summed E-state index contributed by atoms with van der Waals surface area (Å²) in [6.45, 7) is 5.88. The highest BCUT2D eigenvalue weighted by Gasteiger charge is 2.29. The summed E-state index contributed by atoms with van der Waals surface area (Å²) in [6, 6.07) is 0. The molecule has 1 N–H and O–H groups in total. The van der Waals surface area contributed by atoms with Crippen molar-refractivity contribution in [3.63, 3.8) is 0 Å². The van der Waals surface area contributed by atoms with Crippen LogP contribution in [0.15, 0.2) is 12.7 Å². The third-order valence-electron chi connectivity index (χ3n) is 3.23. The van der Waals surface area contributed by atoms with Crippen LogP contribution in [0.3, 0.4) is 0 Å². The van der Waals surface area contributed by atoms with E-state index in [1.165, 1.54) is 0 Å². The molecule has 0 atom stereocenters. The lowest BCUT2D eigenvalue weighted by Gasteiger charge is -2.23. The molecule has 0 unspecified atom stereocenters. The van der Waals surface area contributed by atoms with E-state index < -0.39 is 5.97 Å². The van der Waals surface area contributed by atoms with Gasteiger partial charge in [0, 0.05) is 12.0 Å². The Hall–Kier alpha value is -1.97. The Morgan fingerprint density at radius 2 is 2.28 bits per heavy atom. The molecule has 4 heteroatoms. The number of aromatic hydroxyl groups is 1. The minimum atomic E-state index is -0.468. The van der Waals surface area contributed by atoms with Crippen molar-refractivity contribution in [1.82, 2.24) is 0 Å². The number of hydrogen-bond donors (Lipinski definition) is 1. The van der Waals surface area contributed by atoms with Crippen LogP contribution in [0.5, 0.6) is 11.5 Å². The zero-order valence-electron chi connectivity index (χ0n) is 10.6. The summed E-state index contributed by atoms with van der Waals surface area (Å²) in [5.74, 6) is 0.114. The van der Waals surface area contributed by atoms with Crippen molar-refractivity contribution in [2.45, 2.75) is 19.8 Å². The molecule has 18 heavy (non-hydrogen) atoms. The zero-order chi connectivity index (χ0) is 13.3. The summed E-state index contributed by atoms with van der Waals surface area (Å²) in [6.07, 6.45) is 2.71. The van der Waals surface area contributed by atoms with Gasteiger partial charge in [-0.1, -0.05) is 6.08 Å². The van der Waals surface area contributed by atoms with E-state index >= 15 is 0 Å². The topological polar surface area (TPSA) is 55.8 Å². The van der Waals surface area contributed by atoms with Crippen molar-refractivity contribution in [3.8, 4) is 11.5 Å². The van der Waals surface area contributed by atoms with Crippen molar-refractivity contribution < 1.29 is 19.4 Å². The average molecular weight is 248 g/mol. The minimum Gasteiger partial charge on any atom is -0.507 e. The number of phenolic OH excluding ortho intramolecular Hbond substituents is 1. The molecule has 1 aliphatic heterocycles. The van der Waals surface area contributed by atoms with Crippen LogP contribution < -0.4 is 4.74 Å². The molecule has 0 fully saturated rings. The van der Waals surface area contributed by atoms with E-state index in [0.717, 1.165) is 11.1 Å². The fraction of sp³-hybridized carbons (Fsp3) is 0.357. The van der Waals surface area contributed by atoms with Crippen LogP contribution >= 0.6 is 0 Å². The molecule has 4 nitrogen and oxygen atoms in total. The van der Waals surface area contributed by atoms with Crippen LogP contribution in [-0.2, 0) is 17.6 Å². The third-order valence-corrected chi connectivity index (χ3v) is 3.23. The molecular formula is C14H16O4. The molecule has 96 valence electrons. The van der Waals surface area contributed by atoms with E-state index in [4.69, 9.17) is 9.47 Å². The van der Waals surface area contributed by atoms with Gasteiger partial charge in [-0.15, -0.1) is 6.58 Å². The number of carbonyl (C=O) groups excluding carboxylic acids is 1. The van der Waals surface area contributed by atoms with Crippen LogP contribution in [0.1, 0.15) is 27.0 Å². The first-order valence-electron chi connectivity index (χ1n) is 5.81. The van der Waals surface area contributed by atoms with Crippen LogP contribution in [0, 0.1) is 6.92 Å². The summed E-state index contributed by atoms with van der Waals surface area (Å²) in [5.41, 5.74) is 2.56. The van der Waals surface area contributed by atoms with Crippen LogP contribution in [0.4, 0.5) is 0 Å². The first-order chi connectivity index (χ1) is 8.61. The number of ether oxygens (including phenoxy) is 2. The molecule has 0 aliphatic carbocycles. The molecule has 0 aromatic heterocycles. The molecule has 0 saturated heterocycles.